The molecule has 0 saturated heterocycles. The Morgan fingerprint density at radius 1 is 1.41 bits per heavy atom. The van der Waals surface area contributed by atoms with Gasteiger partial charge in [-0.15, -0.1) is 0 Å². The van der Waals surface area contributed by atoms with Crippen LogP contribution in [0, 0.1) is 5.92 Å². The van der Waals surface area contributed by atoms with Gasteiger partial charge >= 0.3 is 12.6 Å². The quantitative estimate of drug-likeness (QED) is 0.714. The lowest BCUT2D eigenvalue weighted by Gasteiger charge is -2.18. The summed E-state index contributed by atoms with van der Waals surface area (Å²) in [5, 5.41) is 14.3. The zero-order valence-corrected chi connectivity index (χ0v) is 13.0. The number of ether oxygens (including phenoxy) is 1. The first-order valence-corrected chi connectivity index (χ1v) is 7.12. The Hall–Kier alpha value is -1.60. The Balaban J connectivity index is 2.62. The summed E-state index contributed by atoms with van der Waals surface area (Å²) in [4.78, 5) is 11.8. The minimum Gasteiger partial charge on any atom is -0.433 e. The van der Waals surface area contributed by atoms with Crippen LogP contribution in [-0.4, -0.2) is 30.4 Å². The van der Waals surface area contributed by atoms with E-state index < -0.39 is 12.6 Å². The van der Waals surface area contributed by atoms with Crippen LogP contribution in [0.4, 0.5) is 19.3 Å². The second-order valence-electron chi connectivity index (χ2n) is 5.13. The van der Waals surface area contributed by atoms with Gasteiger partial charge in [-0.25, -0.2) is 4.79 Å². The lowest BCUT2D eigenvalue weighted by Crippen LogP contribution is -2.40. The SMILES string of the molecule is CC(C)CC(CO)NC(=O)Nc1ccc(OC(F)F)c(Cl)c1. The number of urea groups is 1. The fourth-order valence-electron chi connectivity index (χ4n) is 1.87. The first-order chi connectivity index (χ1) is 10.3. The molecule has 0 aliphatic rings. The highest BCUT2D eigenvalue weighted by atomic mass is 35.5. The maximum atomic E-state index is 12.1. The van der Waals surface area contributed by atoms with E-state index >= 15 is 0 Å². The number of aliphatic hydroxyl groups excluding tert-OH is 1. The number of amides is 2. The summed E-state index contributed by atoms with van der Waals surface area (Å²) in [5.74, 6) is 0.147. The van der Waals surface area contributed by atoms with Gasteiger partial charge in [-0.1, -0.05) is 25.4 Å². The maximum absolute atomic E-state index is 12.1. The number of alkyl halides is 2. The average Bonchev–Trinajstić information content (AvgIpc) is 2.40. The molecule has 0 aliphatic carbocycles. The Morgan fingerprint density at radius 2 is 2.09 bits per heavy atom. The van der Waals surface area contributed by atoms with Crippen LogP contribution in [0.15, 0.2) is 18.2 Å². The van der Waals surface area contributed by atoms with E-state index in [1.165, 1.54) is 18.2 Å². The van der Waals surface area contributed by atoms with Crippen molar-refractivity contribution in [2.45, 2.75) is 32.9 Å². The molecule has 0 radical (unpaired) electrons. The predicted octanol–water partition coefficient (Wildman–Crippen LogP) is 3.47. The van der Waals surface area contributed by atoms with Gasteiger partial charge in [0.05, 0.1) is 17.7 Å². The van der Waals surface area contributed by atoms with Crippen LogP contribution in [0.25, 0.3) is 0 Å². The number of aliphatic hydroxyl groups is 1. The van der Waals surface area contributed by atoms with Gasteiger partial charge in [-0.3, -0.25) is 0 Å². The van der Waals surface area contributed by atoms with Gasteiger partial charge in [0, 0.05) is 5.69 Å². The van der Waals surface area contributed by atoms with Crippen LogP contribution < -0.4 is 15.4 Å². The van der Waals surface area contributed by atoms with Crippen LogP contribution in [0.5, 0.6) is 5.75 Å². The largest absolute Gasteiger partial charge is 0.433 e. The van der Waals surface area contributed by atoms with Crippen LogP contribution in [0.2, 0.25) is 5.02 Å². The van der Waals surface area contributed by atoms with Crippen LogP contribution in [0.1, 0.15) is 20.3 Å². The molecule has 1 unspecified atom stereocenters. The molecule has 3 N–H and O–H groups in total. The molecule has 0 aliphatic heterocycles. The van der Waals surface area contributed by atoms with Crippen molar-refractivity contribution in [3.05, 3.63) is 23.2 Å². The first-order valence-electron chi connectivity index (χ1n) is 6.74. The highest BCUT2D eigenvalue weighted by Gasteiger charge is 2.14. The topological polar surface area (TPSA) is 70.6 Å². The molecule has 0 spiro atoms. The number of halogens is 3. The summed E-state index contributed by atoms with van der Waals surface area (Å²) in [5.41, 5.74) is 0.324. The van der Waals surface area contributed by atoms with Crippen molar-refractivity contribution in [1.29, 1.82) is 0 Å². The number of nitrogens with one attached hydrogen (secondary N) is 2. The van der Waals surface area contributed by atoms with Crippen molar-refractivity contribution in [2.75, 3.05) is 11.9 Å². The van der Waals surface area contributed by atoms with Gasteiger partial charge in [0.25, 0.3) is 0 Å². The molecule has 0 heterocycles. The van der Waals surface area contributed by atoms with E-state index in [1.54, 1.807) is 0 Å². The Kier molecular flexibility index (Phi) is 7.34. The number of rotatable bonds is 7. The molecule has 124 valence electrons. The van der Waals surface area contributed by atoms with Gasteiger partial charge in [0.1, 0.15) is 5.75 Å². The van der Waals surface area contributed by atoms with Crippen molar-refractivity contribution < 1.29 is 23.4 Å². The molecule has 1 aromatic carbocycles. The van der Waals surface area contributed by atoms with E-state index in [0.29, 0.717) is 18.0 Å². The molecule has 0 bridgehead atoms. The fourth-order valence-corrected chi connectivity index (χ4v) is 2.10. The molecule has 1 aromatic rings. The van der Waals surface area contributed by atoms with Crippen molar-refractivity contribution in [3.63, 3.8) is 0 Å². The molecular weight excluding hydrogens is 318 g/mol. The summed E-state index contributed by atoms with van der Waals surface area (Å²) >= 11 is 5.79. The van der Waals surface area contributed by atoms with E-state index in [4.69, 9.17) is 11.6 Å². The van der Waals surface area contributed by atoms with Gasteiger partial charge in [0.15, 0.2) is 0 Å². The van der Waals surface area contributed by atoms with Crippen LogP contribution in [-0.2, 0) is 0 Å². The molecule has 2 amide bonds. The summed E-state index contributed by atoms with van der Waals surface area (Å²) in [6.07, 6.45) is 0.631. The van der Waals surface area contributed by atoms with E-state index in [9.17, 15) is 18.7 Å². The number of carbonyl (C=O) groups is 1. The number of carbonyl (C=O) groups excluding carboxylic acids is 1. The lowest BCUT2D eigenvalue weighted by atomic mass is 10.0. The van der Waals surface area contributed by atoms with Crippen molar-refractivity contribution in [3.8, 4) is 5.75 Å². The fraction of sp³-hybridized carbons (Fsp3) is 0.500. The smallest absolute Gasteiger partial charge is 0.387 e. The van der Waals surface area contributed by atoms with E-state index in [1.807, 2.05) is 13.8 Å². The Bertz CT molecular complexity index is 501. The molecule has 8 heteroatoms. The highest BCUT2D eigenvalue weighted by Crippen LogP contribution is 2.28. The van der Waals surface area contributed by atoms with Gasteiger partial charge in [-0.05, 0) is 30.5 Å². The third-order valence-electron chi connectivity index (χ3n) is 2.72. The normalized spacial score (nSPS) is 12.4. The Morgan fingerprint density at radius 3 is 2.59 bits per heavy atom. The summed E-state index contributed by atoms with van der Waals surface area (Å²) in [7, 11) is 0. The first kappa shape index (κ1) is 18.4. The molecule has 1 rings (SSSR count). The van der Waals surface area contributed by atoms with Gasteiger partial charge in [0.2, 0.25) is 0 Å². The monoisotopic (exact) mass is 336 g/mol. The van der Waals surface area contributed by atoms with E-state index in [-0.39, 0.29) is 23.4 Å². The number of anilines is 1. The molecule has 22 heavy (non-hydrogen) atoms. The average molecular weight is 337 g/mol. The molecular formula is C14H19ClF2N2O3. The lowest BCUT2D eigenvalue weighted by molar-refractivity contribution is -0.0497. The third kappa shape index (κ3) is 6.44. The zero-order chi connectivity index (χ0) is 16.7. The highest BCUT2D eigenvalue weighted by molar-refractivity contribution is 6.32. The zero-order valence-electron chi connectivity index (χ0n) is 12.3. The standard InChI is InChI=1S/C14H19ClF2N2O3/c1-8(2)5-10(7-20)19-14(21)18-9-3-4-12(11(15)6-9)22-13(16)17/h3-4,6,8,10,13,20H,5,7H2,1-2H3,(H2,18,19,21). The second kappa shape index (κ2) is 8.75. The molecule has 0 aromatic heterocycles. The minimum absolute atomic E-state index is 0.0426. The van der Waals surface area contributed by atoms with Crippen molar-refractivity contribution >= 4 is 23.3 Å². The number of hydrogen-bond acceptors (Lipinski definition) is 3. The minimum atomic E-state index is -2.97. The third-order valence-corrected chi connectivity index (χ3v) is 3.01. The van der Waals surface area contributed by atoms with Gasteiger partial charge < -0.3 is 20.5 Å². The van der Waals surface area contributed by atoms with E-state index in [2.05, 4.69) is 15.4 Å². The maximum Gasteiger partial charge on any atom is 0.387 e. The predicted molar refractivity (Wildman–Crippen MR) is 80.6 cm³/mol. The van der Waals surface area contributed by atoms with Gasteiger partial charge in [-0.2, -0.15) is 8.78 Å². The second-order valence-corrected chi connectivity index (χ2v) is 5.54. The van der Waals surface area contributed by atoms with Crippen LogP contribution in [0.3, 0.4) is 0 Å². The van der Waals surface area contributed by atoms with Crippen LogP contribution >= 0.6 is 11.6 Å². The molecule has 0 fully saturated rings. The Labute approximate surface area is 132 Å². The number of benzene rings is 1. The van der Waals surface area contributed by atoms with Crippen molar-refractivity contribution in [1.82, 2.24) is 5.32 Å². The molecule has 5 nitrogen and oxygen atoms in total. The van der Waals surface area contributed by atoms with Crippen molar-refractivity contribution in [2.24, 2.45) is 5.92 Å². The summed E-state index contributed by atoms with van der Waals surface area (Å²) < 4.78 is 28.4. The molecule has 1 atom stereocenters. The summed E-state index contributed by atoms with van der Waals surface area (Å²) in [6, 6.07) is 3.05. The molecule has 0 saturated carbocycles. The number of hydrogen-bond donors (Lipinski definition) is 3. The van der Waals surface area contributed by atoms with E-state index in [0.717, 1.165) is 0 Å². The summed E-state index contributed by atoms with van der Waals surface area (Å²) in [6.45, 7) is 0.807.